The second-order valence-corrected chi connectivity index (χ2v) is 3.93. The van der Waals surface area contributed by atoms with Crippen LogP contribution in [-0.2, 0) is 6.42 Å². The first-order chi connectivity index (χ1) is 7.29. The highest BCUT2D eigenvalue weighted by atomic mass is 16.5. The predicted octanol–water partition coefficient (Wildman–Crippen LogP) is 2.40. The van der Waals surface area contributed by atoms with Crippen molar-refractivity contribution in [2.45, 2.75) is 19.3 Å². The van der Waals surface area contributed by atoms with E-state index in [4.69, 9.17) is 0 Å². The van der Waals surface area contributed by atoms with E-state index in [-0.39, 0.29) is 5.78 Å². The maximum atomic E-state index is 11.8. The Kier molecular flexibility index (Phi) is 1.63. The number of hydrogen-bond acceptors (Lipinski definition) is 2. The quantitative estimate of drug-likeness (QED) is 0.665. The number of hydrogen-bond donors (Lipinski definition) is 1. The van der Waals surface area contributed by atoms with Gasteiger partial charge >= 0.3 is 0 Å². The fourth-order valence-electron chi connectivity index (χ4n) is 2.36. The van der Waals surface area contributed by atoms with Crippen LogP contribution in [0.25, 0.3) is 10.9 Å². The molecule has 1 N–H and O–H groups in total. The third-order valence-corrected chi connectivity index (χ3v) is 3.04. The standard InChI is InChI=1S/C12H11NO2/c14-11-7-3-6-10-12(11)8-4-1-2-5-9(8)13(10)15/h1-2,4-5,15H,3,6-7H2. The van der Waals surface area contributed by atoms with E-state index < -0.39 is 0 Å². The summed E-state index contributed by atoms with van der Waals surface area (Å²) in [6.07, 6.45) is 2.22. The number of Topliss-reactive ketones (excluding diaryl/α,β-unsaturated/α-hetero) is 1. The largest absolute Gasteiger partial charge is 0.428 e. The smallest absolute Gasteiger partial charge is 0.165 e. The number of aromatic nitrogens is 1. The van der Waals surface area contributed by atoms with Crippen LogP contribution in [0.4, 0.5) is 0 Å². The lowest BCUT2D eigenvalue weighted by Gasteiger charge is -2.10. The molecule has 0 saturated carbocycles. The molecule has 2 aromatic rings. The summed E-state index contributed by atoms with van der Waals surface area (Å²) in [5, 5.41) is 10.8. The highest BCUT2D eigenvalue weighted by Gasteiger charge is 2.25. The van der Waals surface area contributed by atoms with Gasteiger partial charge in [0.25, 0.3) is 0 Å². The Balaban J connectivity index is 2.46. The summed E-state index contributed by atoms with van der Waals surface area (Å²) in [4.78, 5) is 11.8. The molecule has 0 unspecified atom stereocenters. The summed E-state index contributed by atoms with van der Waals surface area (Å²) < 4.78 is 1.17. The molecule has 15 heavy (non-hydrogen) atoms. The monoisotopic (exact) mass is 201 g/mol. The summed E-state index contributed by atoms with van der Waals surface area (Å²) in [5.41, 5.74) is 2.23. The summed E-state index contributed by atoms with van der Waals surface area (Å²) in [6, 6.07) is 7.49. The number of fused-ring (bicyclic) bond motifs is 3. The number of nitrogens with zero attached hydrogens (tertiary/aromatic N) is 1. The first-order valence-electron chi connectivity index (χ1n) is 5.14. The minimum absolute atomic E-state index is 0.153. The van der Waals surface area contributed by atoms with E-state index in [1.165, 1.54) is 4.73 Å². The van der Waals surface area contributed by atoms with E-state index in [9.17, 15) is 10.0 Å². The van der Waals surface area contributed by atoms with Gasteiger partial charge in [0.15, 0.2) is 5.78 Å². The minimum atomic E-state index is 0.153. The number of rotatable bonds is 0. The van der Waals surface area contributed by atoms with Crippen molar-refractivity contribution in [3.63, 3.8) is 0 Å². The van der Waals surface area contributed by atoms with Gasteiger partial charge in [0, 0.05) is 17.4 Å². The summed E-state index contributed by atoms with van der Waals surface area (Å²) in [6.45, 7) is 0. The van der Waals surface area contributed by atoms with Crippen LogP contribution in [-0.4, -0.2) is 15.7 Å². The molecule has 76 valence electrons. The fourth-order valence-corrected chi connectivity index (χ4v) is 2.36. The molecular weight excluding hydrogens is 190 g/mol. The Morgan fingerprint density at radius 1 is 1.20 bits per heavy atom. The molecule has 0 amide bonds. The second-order valence-electron chi connectivity index (χ2n) is 3.93. The molecule has 1 heterocycles. The number of carbonyl (C=O) groups is 1. The van der Waals surface area contributed by atoms with Crippen LogP contribution >= 0.6 is 0 Å². The molecule has 0 saturated heterocycles. The van der Waals surface area contributed by atoms with Crippen molar-refractivity contribution < 1.29 is 10.0 Å². The summed E-state index contributed by atoms with van der Waals surface area (Å²) >= 11 is 0. The molecule has 3 heteroatoms. The first-order valence-corrected chi connectivity index (χ1v) is 5.14. The van der Waals surface area contributed by atoms with Gasteiger partial charge in [0.1, 0.15) is 0 Å². The van der Waals surface area contributed by atoms with Crippen LogP contribution < -0.4 is 0 Å². The molecule has 3 rings (SSSR count). The van der Waals surface area contributed by atoms with Crippen LogP contribution in [0.5, 0.6) is 0 Å². The number of ketones is 1. The van der Waals surface area contributed by atoms with Gasteiger partial charge in [0.2, 0.25) is 0 Å². The number of para-hydroxylation sites is 1. The zero-order chi connectivity index (χ0) is 10.4. The Labute approximate surface area is 86.9 Å². The zero-order valence-electron chi connectivity index (χ0n) is 8.23. The maximum absolute atomic E-state index is 11.8. The third kappa shape index (κ3) is 1.03. The lowest BCUT2D eigenvalue weighted by atomic mass is 9.94. The highest BCUT2D eigenvalue weighted by Crippen LogP contribution is 2.30. The molecule has 0 fully saturated rings. The molecule has 3 nitrogen and oxygen atoms in total. The Hall–Kier alpha value is -1.77. The third-order valence-electron chi connectivity index (χ3n) is 3.04. The number of carbonyl (C=O) groups excluding carboxylic acids is 1. The van der Waals surface area contributed by atoms with Gasteiger partial charge in [0.05, 0.1) is 11.2 Å². The van der Waals surface area contributed by atoms with Crippen LogP contribution in [0.15, 0.2) is 24.3 Å². The van der Waals surface area contributed by atoms with Crippen molar-refractivity contribution in [3.05, 3.63) is 35.5 Å². The molecule has 1 aliphatic carbocycles. The van der Waals surface area contributed by atoms with E-state index >= 15 is 0 Å². The molecule has 0 spiro atoms. The van der Waals surface area contributed by atoms with Gasteiger partial charge in [-0.25, -0.2) is 0 Å². The normalized spacial score (nSPS) is 15.6. The molecule has 1 aliphatic rings. The first kappa shape index (κ1) is 8.53. The molecule has 1 aromatic carbocycles. The molecule has 0 aliphatic heterocycles. The van der Waals surface area contributed by atoms with Crippen molar-refractivity contribution in [2.24, 2.45) is 0 Å². The summed E-state index contributed by atoms with van der Waals surface area (Å²) in [5.74, 6) is 0.153. The zero-order valence-corrected chi connectivity index (χ0v) is 8.23. The van der Waals surface area contributed by atoms with E-state index in [1.54, 1.807) is 0 Å². The molecular formula is C12H11NO2. The van der Waals surface area contributed by atoms with Crippen LogP contribution in [0, 0.1) is 0 Å². The lowest BCUT2D eigenvalue weighted by molar-refractivity contribution is 0.0966. The highest BCUT2D eigenvalue weighted by molar-refractivity contribution is 6.10. The van der Waals surface area contributed by atoms with E-state index in [2.05, 4.69) is 0 Å². The van der Waals surface area contributed by atoms with Gasteiger partial charge < -0.3 is 5.21 Å². The molecule has 0 radical (unpaired) electrons. The molecule has 1 aromatic heterocycles. The maximum Gasteiger partial charge on any atom is 0.165 e. The average Bonchev–Trinajstić information content (AvgIpc) is 2.55. The van der Waals surface area contributed by atoms with E-state index in [0.29, 0.717) is 6.42 Å². The van der Waals surface area contributed by atoms with Crippen LogP contribution in [0.1, 0.15) is 28.9 Å². The van der Waals surface area contributed by atoms with Crippen LogP contribution in [0.3, 0.4) is 0 Å². The number of benzene rings is 1. The average molecular weight is 201 g/mol. The van der Waals surface area contributed by atoms with E-state index in [0.717, 1.165) is 35.0 Å². The van der Waals surface area contributed by atoms with Crippen molar-refractivity contribution in [1.82, 2.24) is 4.73 Å². The predicted molar refractivity (Wildman–Crippen MR) is 56.4 cm³/mol. The SMILES string of the molecule is O=C1CCCc2c1c1ccccc1n2O. The van der Waals surface area contributed by atoms with Gasteiger partial charge in [-0.05, 0) is 18.9 Å². The Bertz CT molecular complexity index is 554. The van der Waals surface area contributed by atoms with Crippen molar-refractivity contribution in [3.8, 4) is 0 Å². The minimum Gasteiger partial charge on any atom is -0.428 e. The summed E-state index contributed by atoms with van der Waals surface area (Å²) in [7, 11) is 0. The Morgan fingerprint density at radius 2 is 2.00 bits per heavy atom. The Morgan fingerprint density at radius 3 is 2.87 bits per heavy atom. The fraction of sp³-hybridized carbons (Fsp3) is 0.250. The van der Waals surface area contributed by atoms with Crippen molar-refractivity contribution in [1.29, 1.82) is 0 Å². The lowest BCUT2D eigenvalue weighted by Crippen LogP contribution is -2.11. The van der Waals surface area contributed by atoms with Gasteiger partial charge in [-0.3, -0.25) is 4.79 Å². The van der Waals surface area contributed by atoms with Gasteiger partial charge in [-0.15, -0.1) is 0 Å². The van der Waals surface area contributed by atoms with E-state index in [1.807, 2.05) is 24.3 Å². The molecule has 0 bridgehead atoms. The van der Waals surface area contributed by atoms with Gasteiger partial charge in [-0.1, -0.05) is 18.2 Å². The van der Waals surface area contributed by atoms with Crippen molar-refractivity contribution >= 4 is 16.7 Å². The second kappa shape index (κ2) is 2.86. The van der Waals surface area contributed by atoms with Crippen molar-refractivity contribution in [2.75, 3.05) is 0 Å². The topological polar surface area (TPSA) is 42.2 Å². The van der Waals surface area contributed by atoms with Crippen LogP contribution in [0.2, 0.25) is 0 Å². The van der Waals surface area contributed by atoms with Gasteiger partial charge in [-0.2, -0.15) is 4.73 Å². The molecule has 0 atom stereocenters.